The van der Waals surface area contributed by atoms with Gasteiger partial charge >= 0.3 is 5.97 Å². The second kappa shape index (κ2) is 10.9. The third-order valence-electron chi connectivity index (χ3n) is 7.15. The Morgan fingerprint density at radius 2 is 1.95 bits per heavy atom. The number of sulfone groups is 1. The van der Waals surface area contributed by atoms with Crippen LogP contribution in [0.2, 0.25) is 0 Å². The SMILES string of the molecule is CC(C)C[C@@H](C#N)NC(=O)[C@@H]1CCCC[C@@]1(C(N)=O)c1c(C(=O)O)n(CCS(C)(=O)=O)c2ccccc12. The maximum absolute atomic E-state index is 13.6. The lowest BCUT2D eigenvalue weighted by Gasteiger charge is -2.41. The summed E-state index contributed by atoms with van der Waals surface area (Å²) in [5.74, 6) is -3.84. The Balaban J connectivity index is 2.28. The van der Waals surface area contributed by atoms with Crippen molar-refractivity contribution >= 4 is 38.5 Å². The number of aromatic nitrogens is 1. The van der Waals surface area contributed by atoms with Crippen molar-refractivity contribution in [2.24, 2.45) is 17.6 Å². The highest BCUT2D eigenvalue weighted by Crippen LogP contribution is 2.48. The first kappa shape index (κ1) is 28.2. The van der Waals surface area contributed by atoms with Crippen molar-refractivity contribution in [1.29, 1.82) is 5.26 Å². The van der Waals surface area contributed by atoms with Crippen molar-refractivity contribution in [3.8, 4) is 6.07 Å². The molecule has 2 aromatic rings. The van der Waals surface area contributed by atoms with Crippen LogP contribution in [0.3, 0.4) is 0 Å². The summed E-state index contributed by atoms with van der Waals surface area (Å²) in [6.07, 6.45) is 3.10. The number of carbonyl (C=O) groups excluding carboxylic acids is 2. The highest BCUT2D eigenvalue weighted by atomic mass is 32.2. The van der Waals surface area contributed by atoms with E-state index in [0.717, 1.165) is 6.26 Å². The van der Waals surface area contributed by atoms with E-state index in [1.54, 1.807) is 24.3 Å². The van der Waals surface area contributed by atoms with Crippen LogP contribution >= 0.6 is 0 Å². The van der Waals surface area contributed by atoms with Crippen molar-refractivity contribution in [2.45, 2.75) is 64.0 Å². The number of carboxylic acid groups (broad SMARTS) is 1. The number of aromatic carboxylic acids is 1. The molecule has 0 radical (unpaired) electrons. The predicted molar refractivity (Wildman–Crippen MR) is 138 cm³/mol. The highest BCUT2D eigenvalue weighted by Gasteiger charge is 2.54. The van der Waals surface area contributed by atoms with Crippen LogP contribution in [0.4, 0.5) is 0 Å². The first-order valence-corrected chi connectivity index (χ1v) is 14.4. The first-order chi connectivity index (χ1) is 17.3. The second-order valence-electron chi connectivity index (χ2n) is 10.3. The molecule has 0 spiro atoms. The summed E-state index contributed by atoms with van der Waals surface area (Å²) in [5.41, 5.74) is 4.72. The van der Waals surface area contributed by atoms with E-state index in [0.29, 0.717) is 30.2 Å². The number of benzene rings is 1. The van der Waals surface area contributed by atoms with Gasteiger partial charge in [-0.3, -0.25) is 9.59 Å². The van der Waals surface area contributed by atoms with Gasteiger partial charge in [-0.1, -0.05) is 44.9 Å². The van der Waals surface area contributed by atoms with Gasteiger partial charge in [0.15, 0.2) is 0 Å². The van der Waals surface area contributed by atoms with Gasteiger partial charge in [0.05, 0.1) is 23.2 Å². The number of fused-ring (bicyclic) bond motifs is 1. The van der Waals surface area contributed by atoms with E-state index in [1.165, 1.54) is 4.57 Å². The number of hydrogen-bond acceptors (Lipinski definition) is 6. The Morgan fingerprint density at radius 1 is 1.27 bits per heavy atom. The monoisotopic (exact) mass is 530 g/mol. The van der Waals surface area contributed by atoms with Crippen molar-refractivity contribution < 1.29 is 27.9 Å². The lowest BCUT2D eigenvalue weighted by Crippen LogP contribution is -2.56. The summed E-state index contributed by atoms with van der Waals surface area (Å²) in [4.78, 5) is 39.7. The normalized spacial score (nSPS) is 20.9. The second-order valence-corrected chi connectivity index (χ2v) is 12.5. The summed E-state index contributed by atoms with van der Waals surface area (Å²) < 4.78 is 25.3. The summed E-state index contributed by atoms with van der Waals surface area (Å²) in [6, 6.07) is 8.04. The molecule has 10 nitrogen and oxygen atoms in total. The molecular weight excluding hydrogens is 496 g/mol. The number of primary amides is 1. The standard InChI is InChI=1S/C26H34N4O6S/c1-16(2)14-17(15-27)29-23(31)19-9-6-7-11-26(19,25(28)34)21-18-8-4-5-10-20(18)30(22(21)24(32)33)12-13-37(3,35)36/h4-5,8,10,16-17,19H,6-7,9,11-14H2,1-3H3,(H2,28,34)(H,29,31)(H,32,33)/t17-,19-,26-/m0/s1. The molecule has 1 aliphatic carbocycles. The first-order valence-electron chi connectivity index (χ1n) is 12.4. The minimum atomic E-state index is -3.43. The van der Waals surface area contributed by atoms with Crippen LogP contribution in [0.5, 0.6) is 0 Å². The largest absolute Gasteiger partial charge is 0.477 e. The number of aryl methyl sites for hydroxylation is 1. The highest BCUT2D eigenvalue weighted by molar-refractivity contribution is 7.90. The third-order valence-corrected chi connectivity index (χ3v) is 8.07. The molecular formula is C26H34N4O6S. The van der Waals surface area contributed by atoms with Gasteiger partial charge in [0.25, 0.3) is 0 Å². The van der Waals surface area contributed by atoms with Gasteiger partial charge in [0.2, 0.25) is 11.8 Å². The van der Waals surface area contributed by atoms with E-state index in [2.05, 4.69) is 11.4 Å². The number of nitrogens with zero attached hydrogens (tertiary/aromatic N) is 2. The Bertz CT molecular complexity index is 1360. The molecule has 1 fully saturated rings. The van der Waals surface area contributed by atoms with E-state index >= 15 is 0 Å². The van der Waals surface area contributed by atoms with Crippen molar-refractivity contribution in [3.05, 3.63) is 35.5 Å². The van der Waals surface area contributed by atoms with Crippen molar-refractivity contribution in [1.82, 2.24) is 9.88 Å². The lowest BCUT2D eigenvalue weighted by atomic mass is 9.60. The number of carboxylic acids is 1. The molecule has 0 unspecified atom stereocenters. The fraction of sp³-hybridized carbons (Fsp3) is 0.538. The van der Waals surface area contributed by atoms with Gasteiger partial charge in [-0.15, -0.1) is 0 Å². The quantitative estimate of drug-likeness (QED) is 0.423. The number of hydrogen-bond donors (Lipinski definition) is 3. The van der Waals surface area contributed by atoms with Crippen molar-refractivity contribution in [3.63, 3.8) is 0 Å². The lowest BCUT2D eigenvalue weighted by molar-refractivity contribution is -0.137. The average Bonchev–Trinajstić information content (AvgIpc) is 3.16. The van der Waals surface area contributed by atoms with E-state index in [1.807, 2.05) is 13.8 Å². The number of nitrogens with two attached hydrogens (primary N) is 1. The predicted octanol–water partition coefficient (Wildman–Crippen LogP) is 2.35. The Labute approximate surface area is 216 Å². The van der Waals surface area contributed by atoms with Gasteiger partial charge in [0.1, 0.15) is 21.6 Å². The van der Waals surface area contributed by atoms with E-state index in [4.69, 9.17) is 5.73 Å². The zero-order chi connectivity index (χ0) is 27.5. The molecule has 37 heavy (non-hydrogen) atoms. The van der Waals surface area contributed by atoms with E-state index in [-0.39, 0.29) is 42.3 Å². The number of nitriles is 1. The molecule has 11 heteroatoms. The van der Waals surface area contributed by atoms with Crippen LogP contribution in [-0.4, -0.2) is 53.9 Å². The summed E-state index contributed by atoms with van der Waals surface area (Å²) >= 11 is 0. The van der Waals surface area contributed by atoms with E-state index in [9.17, 15) is 33.2 Å². The summed E-state index contributed by atoms with van der Waals surface area (Å²) in [7, 11) is -3.43. The number of para-hydroxylation sites is 1. The maximum Gasteiger partial charge on any atom is 0.352 e. The topological polar surface area (TPSA) is 172 Å². The smallest absolute Gasteiger partial charge is 0.352 e. The molecule has 0 bridgehead atoms. The third kappa shape index (κ3) is 5.64. The molecule has 1 aromatic heterocycles. The Kier molecular flexibility index (Phi) is 8.32. The summed E-state index contributed by atoms with van der Waals surface area (Å²) in [5, 5.41) is 23.1. The minimum absolute atomic E-state index is 0.133. The van der Waals surface area contributed by atoms with Gasteiger partial charge < -0.3 is 20.7 Å². The van der Waals surface area contributed by atoms with Gasteiger partial charge in [-0.2, -0.15) is 5.26 Å². The van der Waals surface area contributed by atoms with Crippen LogP contribution in [0.15, 0.2) is 24.3 Å². The van der Waals surface area contributed by atoms with Crippen molar-refractivity contribution in [2.75, 3.05) is 12.0 Å². The van der Waals surface area contributed by atoms with Crippen LogP contribution in [0.1, 0.15) is 62.0 Å². The number of nitrogens with one attached hydrogen (secondary N) is 1. The van der Waals surface area contributed by atoms with Gasteiger partial charge in [-0.05, 0) is 31.2 Å². The molecule has 4 N–H and O–H groups in total. The fourth-order valence-corrected chi connectivity index (χ4v) is 6.11. The Hall–Kier alpha value is -3.39. The van der Waals surface area contributed by atoms with Crippen LogP contribution < -0.4 is 11.1 Å². The molecule has 200 valence electrons. The van der Waals surface area contributed by atoms with E-state index < -0.39 is 45.0 Å². The van der Waals surface area contributed by atoms with Crippen LogP contribution in [0, 0.1) is 23.2 Å². The molecule has 1 aliphatic rings. The maximum atomic E-state index is 13.6. The fourth-order valence-electron chi connectivity index (χ4n) is 5.60. The minimum Gasteiger partial charge on any atom is -0.477 e. The Morgan fingerprint density at radius 3 is 2.51 bits per heavy atom. The van der Waals surface area contributed by atoms with Crippen LogP contribution in [-0.2, 0) is 31.4 Å². The molecule has 3 rings (SSSR count). The zero-order valence-corrected chi connectivity index (χ0v) is 22.2. The number of amides is 2. The molecule has 0 aliphatic heterocycles. The van der Waals surface area contributed by atoms with Gasteiger partial charge in [0, 0.05) is 29.3 Å². The molecule has 1 heterocycles. The van der Waals surface area contributed by atoms with Crippen LogP contribution in [0.25, 0.3) is 10.9 Å². The number of rotatable bonds is 10. The zero-order valence-electron chi connectivity index (χ0n) is 21.4. The molecule has 1 aromatic carbocycles. The number of carbonyl (C=O) groups is 3. The summed E-state index contributed by atoms with van der Waals surface area (Å²) in [6.45, 7) is 3.71. The van der Waals surface area contributed by atoms with Gasteiger partial charge in [-0.25, -0.2) is 13.2 Å². The molecule has 0 saturated heterocycles. The molecule has 3 atom stereocenters. The average molecular weight is 531 g/mol. The molecule has 1 saturated carbocycles. The molecule has 2 amide bonds.